The first-order valence-electron chi connectivity index (χ1n) is 5.37. The van der Waals surface area contributed by atoms with Crippen molar-refractivity contribution in [3.8, 4) is 0 Å². The predicted molar refractivity (Wildman–Crippen MR) is 63.2 cm³/mol. The summed E-state index contributed by atoms with van der Waals surface area (Å²) in [6.45, 7) is 2.87. The number of aromatic nitrogens is 1. The van der Waals surface area contributed by atoms with Crippen LogP contribution in [0.4, 0.5) is 5.69 Å². The van der Waals surface area contributed by atoms with Gasteiger partial charge in [0, 0.05) is 19.3 Å². The Hall–Kier alpha value is -0.800. The van der Waals surface area contributed by atoms with Gasteiger partial charge in [-0.25, -0.2) is 4.98 Å². The number of nitrogens with zero attached hydrogens (tertiary/aromatic N) is 2. The van der Waals surface area contributed by atoms with Gasteiger partial charge in [0.15, 0.2) is 5.15 Å². The van der Waals surface area contributed by atoms with Crippen molar-refractivity contribution in [2.45, 2.75) is 12.8 Å². The van der Waals surface area contributed by atoms with Crippen LogP contribution in [0.1, 0.15) is 12.8 Å². The number of hydrogen-bond donors (Lipinski definition) is 1. The van der Waals surface area contributed by atoms with Crippen LogP contribution in [0, 0.1) is 5.92 Å². The second-order valence-corrected chi connectivity index (χ2v) is 4.34. The predicted octanol–water partition coefficient (Wildman–Crippen LogP) is 1.91. The minimum absolute atomic E-state index is 0.601. The van der Waals surface area contributed by atoms with Crippen molar-refractivity contribution in [1.82, 2.24) is 4.98 Å². The van der Waals surface area contributed by atoms with Crippen LogP contribution in [0.15, 0.2) is 18.3 Å². The highest BCUT2D eigenvalue weighted by Gasteiger charge is 2.19. The summed E-state index contributed by atoms with van der Waals surface area (Å²) in [5.74, 6) is 0.677. The third-order valence-electron chi connectivity index (χ3n) is 3.03. The van der Waals surface area contributed by atoms with Gasteiger partial charge >= 0.3 is 0 Å². The molecule has 0 radical (unpaired) electrons. The van der Waals surface area contributed by atoms with E-state index in [0.29, 0.717) is 11.1 Å². The fourth-order valence-electron chi connectivity index (χ4n) is 2.02. The number of pyridine rings is 1. The number of hydrogen-bond acceptors (Lipinski definition) is 3. The van der Waals surface area contributed by atoms with Gasteiger partial charge in [-0.1, -0.05) is 11.6 Å². The molecule has 0 bridgehead atoms. The molecule has 3 nitrogen and oxygen atoms in total. The highest BCUT2D eigenvalue weighted by Crippen LogP contribution is 2.27. The van der Waals surface area contributed by atoms with E-state index >= 15 is 0 Å². The Balaban J connectivity index is 2.04. The lowest BCUT2D eigenvalue weighted by atomic mass is 9.97. The molecule has 2 N–H and O–H groups in total. The molecule has 1 aromatic heterocycles. The van der Waals surface area contributed by atoms with E-state index < -0.39 is 0 Å². The molecule has 1 saturated heterocycles. The molecular weight excluding hydrogens is 210 g/mol. The van der Waals surface area contributed by atoms with Crippen molar-refractivity contribution >= 4 is 17.3 Å². The summed E-state index contributed by atoms with van der Waals surface area (Å²) in [6, 6.07) is 3.95. The first-order valence-corrected chi connectivity index (χ1v) is 5.74. The standard InChI is InChI=1S/C11H16ClN3/c12-11-10(2-1-5-14-11)15-6-3-9(8-13)4-7-15/h1-2,5,9H,3-4,6-8,13H2. The number of anilines is 1. The first-order chi connectivity index (χ1) is 7.31. The van der Waals surface area contributed by atoms with Gasteiger partial charge in [0.1, 0.15) is 0 Å². The minimum Gasteiger partial charge on any atom is -0.369 e. The molecule has 0 unspecified atom stereocenters. The maximum atomic E-state index is 6.05. The molecule has 0 atom stereocenters. The molecule has 1 aliphatic rings. The van der Waals surface area contributed by atoms with Crippen molar-refractivity contribution in [2.75, 3.05) is 24.5 Å². The summed E-state index contributed by atoms with van der Waals surface area (Å²) >= 11 is 6.05. The molecule has 82 valence electrons. The Morgan fingerprint density at radius 1 is 1.47 bits per heavy atom. The Kier molecular flexibility index (Phi) is 3.44. The highest BCUT2D eigenvalue weighted by molar-refractivity contribution is 6.32. The summed E-state index contributed by atoms with van der Waals surface area (Å²) < 4.78 is 0. The lowest BCUT2D eigenvalue weighted by Crippen LogP contribution is -2.36. The Morgan fingerprint density at radius 3 is 2.80 bits per heavy atom. The van der Waals surface area contributed by atoms with Gasteiger partial charge in [0.25, 0.3) is 0 Å². The van der Waals surface area contributed by atoms with Crippen molar-refractivity contribution in [1.29, 1.82) is 0 Å². The second-order valence-electron chi connectivity index (χ2n) is 3.98. The monoisotopic (exact) mass is 225 g/mol. The van der Waals surface area contributed by atoms with Crippen LogP contribution < -0.4 is 10.6 Å². The molecule has 2 heterocycles. The first kappa shape index (κ1) is 10.7. The summed E-state index contributed by atoms with van der Waals surface area (Å²) in [5, 5.41) is 0.601. The normalized spacial score (nSPS) is 18.1. The highest BCUT2D eigenvalue weighted by atomic mass is 35.5. The molecule has 2 rings (SSSR count). The fraction of sp³-hybridized carbons (Fsp3) is 0.545. The molecule has 0 saturated carbocycles. The zero-order valence-electron chi connectivity index (χ0n) is 8.69. The van der Waals surface area contributed by atoms with Gasteiger partial charge in [-0.2, -0.15) is 0 Å². The largest absolute Gasteiger partial charge is 0.369 e. The minimum atomic E-state index is 0.601. The third kappa shape index (κ3) is 2.41. The summed E-state index contributed by atoms with van der Waals surface area (Å²) in [5.41, 5.74) is 6.71. The third-order valence-corrected chi connectivity index (χ3v) is 3.32. The lowest BCUT2D eigenvalue weighted by Gasteiger charge is -2.33. The topological polar surface area (TPSA) is 42.1 Å². The Labute approximate surface area is 95.2 Å². The fourth-order valence-corrected chi connectivity index (χ4v) is 2.26. The van der Waals surface area contributed by atoms with E-state index in [0.717, 1.165) is 38.2 Å². The molecule has 4 heteroatoms. The van der Waals surface area contributed by atoms with Crippen molar-refractivity contribution in [3.63, 3.8) is 0 Å². The zero-order chi connectivity index (χ0) is 10.7. The maximum absolute atomic E-state index is 6.05. The van der Waals surface area contributed by atoms with E-state index in [1.807, 2.05) is 12.1 Å². The van der Waals surface area contributed by atoms with Crippen LogP contribution in [-0.2, 0) is 0 Å². The van der Waals surface area contributed by atoms with E-state index in [1.54, 1.807) is 6.20 Å². The molecule has 0 aliphatic carbocycles. The summed E-state index contributed by atoms with van der Waals surface area (Å²) in [6.07, 6.45) is 4.03. The van der Waals surface area contributed by atoms with Gasteiger partial charge < -0.3 is 10.6 Å². The van der Waals surface area contributed by atoms with Crippen LogP contribution >= 0.6 is 11.6 Å². The van der Waals surface area contributed by atoms with Gasteiger partial charge in [-0.3, -0.25) is 0 Å². The molecule has 1 aromatic rings. The SMILES string of the molecule is NCC1CCN(c2cccnc2Cl)CC1. The Morgan fingerprint density at radius 2 is 2.20 bits per heavy atom. The smallest absolute Gasteiger partial charge is 0.152 e. The quantitative estimate of drug-likeness (QED) is 0.782. The second kappa shape index (κ2) is 4.81. The number of nitrogens with two attached hydrogens (primary N) is 1. The average Bonchev–Trinajstić information content (AvgIpc) is 2.30. The molecule has 15 heavy (non-hydrogen) atoms. The van der Waals surface area contributed by atoms with E-state index in [2.05, 4.69) is 9.88 Å². The molecule has 0 aromatic carbocycles. The van der Waals surface area contributed by atoms with E-state index in [-0.39, 0.29) is 0 Å². The van der Waals surface area contributed by atoms with Crippen LogP contribution in [0.2, 0.25) is 5.15 Å². The summed E-state index contributed by atoms with van der Waals surface area (Å²) in [7, 11) is 0. The average molecular weight is 226 g/mol. The number of halogens is 1. The number of rotatable bonds is 2. The lowest BCUT2D eigenvalue weighted by molar-refractivity contribution is 0.414. The van der Waals surface area contributed by atoms with Gasteiger partial charge in [-0.05, 0) is 37.4 Å². The van der Waals surface area contributed by atoms with Gasteiger partial charge in [-0.15, -0.1) is 0 Å². The van der Waals surface area contributed by atoms with Crippen LogP contribution in [0.25, 0.3) is 0 Å². The zero-order valence-corrected chi connectivity index (χ0v) is 9.45. The molecule has 0 spiro atoms. The number of piperidine rings is 1. The molecular formula is C11H16ClN3. The summed E-state index contributed by atoms with van der Waals surface area (Å²) in [4.78, 5) is 6.39. The van der Waals surface area contributed by atoms with Gasteiger partial charge in [0.05, 0.1) is 5.69 Å². The van der Waals surface area contributed by atoms with E-state index in [9.17, 15) is 0 Å². The molecule has 0 amide bonds. The molecule has 1 aliphatic heterocycles. The maximum Gasteiger partial charge on any atom is 0.152 e. The van der Waals surface area contributed by atoms with Crippen LogP contribution in [-0.4, -0.2) is 24.6 Å². The van der Waals surface area contributed by atoms with Gasteiger partial charge in [0.2, 0.25) is 0 Å². The van der Waals surface area contributed by atoms with E-state index in [1.165, 1.54) is 0 Å². The van der Waals surface area contributed by atoms with Crippen molar-refractivity contribution < 1.29 is 0 Å². The van der Waals surface area contributed by atoms with Crippen molar-refractivity contribution in [2.24, 2.45) is 11.7 Å². The van der Waals surface area contributed by atoms with E-state index in [4.69, 9.17) is 17.3 Å². The van der Waals surface area contributed by atoms with Crippen molar-refractivity contribution in [3.05, 3.63) is 23.5 Å². The molecule has 1 fully saturated rings. The van der Waals surface area contributed by atoms with Crippen LogP contribution in [0.3, 0.4) is 0 Å². The Bertz CT molecular complexity index is 321. The van der Waals surface area contributed by atoms with Crippen LogP contribution in [0.5, 0.6) is 0 Å².